The number of nitrogen functional groups attached to an aromatic ring is 1. The molecule has 0 saturated heterocycles. The van der Waals surface area contributed by atoms with E-state index in [1.165, 1.54) is 0 Å². The minimum Gasteiger partial charge on any atom is -0.383 e. The third kappa shape index (κ3) is 4.04. The number of hydrazone groups is 1. The van der Waals surface area contributed by atoms with Gasteiger partial charge in [0.2, 0.25) is 0 Å². The summed E-state index contributed by atoms with van der Waals surface area (Å²) in [5, 5.41) is 13.7. The second-order valence-corrected chi connectivity index (χ2v) is 6.67. The number of hydrogen-bond acceptors (Lipinski definition) is 6. The number of anilines is 1. The maximum Gasteiger partial charge on any atom is 0.165 e. The van der Waals surface area contributed by atoms with Crippen LogP contribution in [-0.4, -0.2) is 53.5 Å². The van der Waals surface area contributed by atoms with Gasteiger partial charge in [0.25, 0.3) is 0 Å². The maximum absolute atomic E-state index is 6.46. The van der Waals surface area contributed by atoms with Gasteiger partial charge in [-0.25, -0.2) is 4.98 Å². The topological polar surface area (TPSA) is 83.8 Å². The summed E-state index contributed by atoms with van der Waals surface area (Å²) < 4.78 is 1.72. The van der Waals surface area contributed by atoms with Crippen molar-refractivity contribution in [1.29, 1.82) is 0 Å². The minimum atomic E-state index is 0.318. The van der Waals surface area contributed by atoms with Gasteiger partial charge >= 0.3 is 0 Å². The van der Waals surface area contributed by atoms with Crippen molar-refractivity contribution in [1.82, 2.24) is 24.9 Å². The van der Waals surface area contributed by atoms with Crippen molar-refractivity contribution in [3.63, 3.8) is 0 Å². The highest BCUT2D eigenvalue weighted by atomic mass is 15.4. The van der Waals surface area contributed by atoms with Crippen LogP contribution in [0.4, 0.5) is 5.82 Å². The lowest BCUT2D eigenvalue weighted by molar-refractivity contribution is 0.441. The summed E-state index contributed by atoms with van der Waals surface area (Å²) in [4.78, 5) is 5.00. The van der Waals surface area contributed by atoms with Gasteiger partial charge in [-0.2, -0.15) is 14.7 Å². The highest BCUT2D eigenvalue weighted by Crippen LogP contribution is 2.29. The first-order chi connectivity index (χ1) is 12.4. The molecule has 7 nitrogen and oxygen atoms in total. The zero-order valence-electron chi connectivity index (χ0n) is 16.6. The number of nitrogens with one attached hydrogen (secondary N) is 1. The second-order valence-electron chi connectivity index (χ2n) is 6.67. The minimum absolute atomic E-state index is 0.318. The fourth-order valence-electron chi connectivity index (χ4n) is 3.18. The van der Waals surface area contributed by atoms with E-state index >= 15 is 0 Å². The largest absolute Gasteiger partial charge is 0.383 e. The Morgan fingerprint density at radius 3 is 2.77 bits per heavy atom. The first-order valence-electron chi connectivity index (χ1n) is 9.15. The first kappa shape index (κ1) is 19.9. The Kier molecular flexibility index (Phi) is 6.74. The molecule has 7 heteroatoms. The Morgan fingerprint density at radius 1 is 1.46 bits per heavy atom. The molecule has 3 N–H and O–H groups in total. The average molecular weight is 358 g/mol. The van der Waals surface area contributed by atoms with E-state index in [9.17, 15) is 0 Å². The summed E-state index contributed by atoms with van der Waals surface area (Å²) in [5.74, 6) is 0.979. The third-order valence-corrected chi connectivity index (χ3v) is 4.44. The Hall–Kier alpha value is -2.41. The molecule has 0 bridgehead atoms. The fourth-order valence-corrected chi connectivity index (χ4v) is 3.18. The number of nitrogens with two attached hydrogens (primary N) is 1. The molecular weight excluding hydrogens is 326 g/mol. The third-order valence-electron chi connectivity index (χ3n) is 4.44. The summed E-state index contributed by atoms with van der Waals surface area (Å²) in [6.07, 6.45) is 6.46. The van der Waals surface area contributed by atoms with Gasteiger partial charge < -0.3 is 16.1 Å². The van der Waals surface area contributed by atoms with E-state index in [0.717, 1.165) is 53.8 Å². The molecule has 0 fully saturated rings. The zero-order valence-corrected chi connectivity index (χ0v) is 16.6. The van der Waals surface area contributed by atoms with Crippen LogP contribution in [-0.2, 0) is 6.42 Å². The van der Waals surface area contributed by atoms with Gasteiger partial charge in [-0.1, -0.05) is 26.8 Å². The maximum atomic E-state index is 6.46. The van der Waals surface area contributed by atoms with Crippen LogP contribution >= 0.6 is 0 Å². The second kappa shape index (κ2) is 8.80. The number of hydrogen-bond donors (Lipinski definition) is 2. The molecule has 0 aromatic carbocycles. The number of likely N-dealkylation sites (N-methyl/N-ethyl adjacent to an activating group) is 1. The molecule has 142 valence electrons. The van der Waals surface area contributed by atoms with Crippen LogP contribution in [0.5, 0.6) is 0 Å². The van der Waals surface area contributed by atoms with Crippen molar-refractivity contribution in [2.75, 3.05) is 33.4 Å². The molecule has 2 aromatic heterocycles. The highest BCUT2D eigenvalue weighted by molar-refractivity contribution is 6.11. The van der Waals surface area contributed by atoms with E-state index < -0.39 is 0 Å². The highest BCUT2D eigenvalue weighted by Gasteiger charge is 2.22. The molecule has 0 amide bonds. The Balaban J connectivity index is 2.62. The molecule has 0 aliphatic rings. The fraction of sp³-hybridized carbons (Fsp3) is 0.526. The molecule has 1 atom stereocenters. The van der Waals surface area contributed by atoms with E-state index in [4.69, 9.17) is 10.7 Å². The van der Waals surface area contributed by atoms with Crippen LogP contribution in [0.1, 0.15) is 49.4 Å². The van der Waals surface area contributed by atoms with E-state index in [1.54, 1.807) is 21.9 Å². The van der Waals surface area contributed by atoms with Gasteiger partial charge in [0.05, 0.1) is 18.1 Å². The standard InChI is InChI=1S/C19H31N7/c1-7-9-14(11-21-4)17-15(8-2)18(20)26-19(24-17)16(12-23-26)13(3)10-22-25(5)6/h10,12,14,21H,3,7-9,11,20H2,1-2,4-6H3/b22-10-. The molecular formula is C19H31N7. The number of fused-ring (bicyclic) bond motifs is 1. The van der Waals surface area contributed by atoms with Gasteiger partial charge in [-0.15, -0.1) is 0 Å². The summed E-state index contributed by atoms with van der Waals surface area (Å²) in [5.41, 5.74) is 11.0. The van der Waals surface area contributed by atoms with Crippen LogP contribution in [0.15, 0.2) is 17.9 Å². The van der Waals surface area contributed by atoms with Crippen LogP contribution in [0, 0.1) is 0 Å². The number of rotatable bonds is 9. The average Bonchev–Trinajstić information content (AvgIpc) is 3.03. The summed E-state index contributed by atoms with van der Waals surface area (Å²) in [6.45, 7) is 9.29. The molecule has 0 aliphatic carbocycles. The van der Waals surface area contributed by atoms with Crippen LogP contribution in [0.2, 0.25) is 0 Å². The zero-order chi connectivity index (χ0) is 19.3. The molecule has 2 aromatic rings. The van der Waals surface area contributed by atoms with Crippen molar-refractivity contribution < 1.29 is 0 Å². The lowest BCUT2D eigenvalue weighted by Crippen LogP contribution is -2.21. The SMILES string of the molecule is C=C(/C=N\N(C)C)c1cnn2c(N)c(CC)c(C(CCC)CNC)nc12. The first-order valence-corrected chi connectivity index (χ1v) is 9.15. The quantitative estimate of drug-likeness (QED) is 0.532. The smallest absolute Gasteiger partial charge is 0.165 e. The monoisotopic (exact) mass is 357 g/mol. The molecule has 0 aliphatic heterocycles. The van der Waals surface area contributed by atoms with Gasteiger partial charge in [0.1, 0.15) is 5.82 Å². The van der Waals surface area contributed by atoms with Gasteiger partial charge in [0.15, 0.2) is 5.65 Å². The van der Waals surface area contributed by atoms with Crippen molar-refractivity contribution in [3.8, 4) is 0 Å². The molecule has 26 heavy (non-hydrogen) atoms. The number of aromatic nitrogens is 3. The summed E-state index contributed by atoms with van der Waals surface area (Å²) in [7, 11) is 5.71. The molecule has 0 saturated carbocycles. The van der Waals surface area contributed by atoms with Crippen molar-refractivity contribution in [3.05, 3.63) is 29.6 Å². The molecule has 2 rings (SSSR count). The van der Waals surface area contributed by atoms with Crippen molar-refractivity contribution >= 4 is 23.3 Å². The summed E-state index contributed by atoms with van der Waals surface area (Å²) in [6, 6.07) is 0. The van der Waals surface area contributed by atoms with Gasteiger partial charge in [-0.05, 0) is 25.5 Å². The van der Waals surface area contributed by atoms with E-state index in [1.807, 2.05) is 21.1 Å². The molecule has 1 unspecified atom stereocenters. The van der Waals surface area contributed by atoms with Crippen LogP contribution in [0.25, 0.3) is 11.2 Å². The Labute approximate surface area is 156 Å². The summed E-state index contributed by atoms with van der Waals surface area (Å²) >= 11 is 0. The lowest BCUT2D eigenvalue weighted by Gasteiger charge is -2.20. The molecule has 0 radical (unpaired) electrons. The van der Waals surface area contributed by atoms with Crippen molar-refractivity contribution in [2.24, 2.45) is 5.10 Å². The number of nitrogens with zero attached hydrogens (tertiary/aromatic N) is 5. The predicted molar refractivity (Wildman–Crippen MR) is 110 cm³/mol. The van der Waals surface area contributed by atoms with E-state index in [2.05, 4.69) is 35.9 Å². The van der Waals surface area contributed by atoms with E-state index in [0.29, 0.717) is 11.7 Å². The molecule has 0 spiro atoms. The lowest BCUT2D eigenvalue weighted by atomic mass is 9.94. The van der Waals surface area contributed by atoms with Crippen LogP contribution < -0.4 is 11.1 Å². The Morgan fingerprint density at radius 2 is 2.19 bits per heavy atom. The Bertz CT molecular complexity index is 783. The predicted octanol–water partition coefficient (Wildman–Crippen LogP) is 2.54. The number of allylic oxidation sites excluding steroid dienone is 1. The van der Waals surface area contributed by atoms with Crippen molar-refractivity contribution in [2.45, 2.75) is 39.0 Å². The van der Waals surface area contributed by atoms with Crippen LogP contribution in [0.3, 0.4) is 0 Å². The normalized spacial score (nSPS) is 12.8. The van der Waals surface area contributed by atoms with Gasteiger partial charge in [0, 0.05) is 37.7 Å². The molecule has 2 heterocycles. The van der Waals surface area contributed by atoms with Gasteiger partial charge in [-0.3, -0.25) is 0 Å². The van der Waals surface area contributed by atoms with E-state index in [-0.39, 0.29) is 0 Å².